The number of nitrogens with zero attached hydrogens (tertiary/aromatic N) is 3. The Hall–Kier alpha value is -1.93. The first-order chi connectivity index (χ1) is 11.6. The van der Waals surface area contributed by atoms with Gasteiger partial charge in [-0.2, -0.15) is 10.5 Å². The summed E-state index contributed by atoms with van der Waals surface area (Å²) in [5, 5.41) is 19.6. The maximum Gasteiger partial charge on any atom is 0.158 e. The van der Waals surface area contributed by atoms with E-state index in [0.717, 1.165) is 5.39 Å². The molecule has 0 radical (unpaired) electrons. The second-order valence-corrected chi connectivity index (χ2v) is 7.06. The lowest BCUT2D eigenvalue weighted by molar-refractivity contribution is 0.480. The number of fused-ring (bicyclic) bond motifs is 1. The first kappa shape index (κ1) is 16.9. The molecule has 0 unspecified atom stereocenters. The molecule has 0 N–H and O–H groups in total. The Morgan fingerprint density at radius 2 is 1.54 bits per heavy atom. The van der Waals surface area contributed by atoms with E-state index in [0.29, 0.717) is 30.4 Å². The third kappa shape index (κ3) is 2.80. The number of pyridine rings is 1. The summed E-state index contributed by atoms with van der Waals surface area (Å²) in [5.74, 6) is 0.950. The lowest BCUT2D eigenvalue weighted by atomic mass is 10.1. The second kappa shape index (κ2) is 6.90. The van der Waals surface area contributed by atoms with Crippen LogP contribution in [-0.4, -0.2) is 4.98 Å². The zero-order chi connectivity index (χ0) is 17.3. The fraction of sp³-hybridized carbons (Fsp3) is 0. The Bertz CT molecular complexity index is 1050. The highest BCUT2D eigenvalue weighted by Gasteiger charge is 2.22. The third-order valence-electron chi connectivity index (χ3n) is 3.31. The second-order valence-electron chi connectivity index (χ2n) is 4.68. The van der Waals surface area contributed by atoms with E-state index >= 15 is 0 Å². The highest BCUT2D eigenvalue weighted by molar-refractivity contribution is 9.13. The van der Waals surface area contributed by atoms with Gasteiger partial charge in [0.1, 0.15) is 17.7 Å². The predicted octanol–water partition coefficient (Wildman–Crippen LogP) is 6.06. The first-order valence-electron chi connectivity index (χ1n) is 6.60. The first-order valence-corrected chi connectivity index (χ1v) is 8.98. The molecule has 0 aliphatic heterocycles. The Morgan fingerprint density at radius 3 is 2.25 bits per heavy atom. The van der Waals surface area contributed by atoms with Crippen LogP contribution < -0.4 is 4.74 Å². The summed E-state index contributed by atoms with van der Waals surface area (Å²) in [6, 6.07) is 13.4. The Morgan fingerprint density at radius 1 is 0.875 bits per heavy atom. The fourth-order valence-electron chi connectivity index (χ4n) is 2.21. The van der Waals surface area contributed by atoms with Crippen LogP contribution in [0, 0.1) is 22.7 Å². The lowest BCUT2D eigenvalue weighted by Gasteiger charge is -2.14. The van der Waals surface area contributed by atoms with E-state index in [-0.39, 0.29) is 11.1 Å². The summed E-state index contributed by atoms with van der Waals surface area (Å²) < 4.78 is 7.44. The van der Waals surface area contributed by atoms with Gasteiger partial charge in [-0.05, 0) is 59.9 Å². The molecule has 0 saturated carbocycles. The highest BCUT2D eigenvalue weighted by Crippen LogP contribution is 2.46. The Balaban J connectivity index is 2.23. The maximum atomic E-state index is 9.37. The summed E-state index contributed by atoms with van der Waals surface area (Å²) in [5.41, 5.74) is 1.15. The quantitative estimate of drug-likeness (QED) is 0.395. The SMILES string of the molecule is N#Cc1c(Br)c(Br)c(Oc2cccc3cccnc23)c(Br)c1C#N. The highest BCUT2D eigenvalue weighted by atomic mass is 79.9. The molecule has 4 nitrogen and oxygen atoms in total. The fourth-order valence-corrected chi connectivity index (χ4v) is 3.98. The van der Waals surface area contributed by atoms with E-state index < -0.39 is 0 Å². The van der Waals surface area contributed by atoms with Crippen LogP contribution in [0.3, 0.4) is 0 Å². The molecule has 116 valence electrons. The van der Waals surface area contributed by atoms with Gasteiger partial charge in [0.25, 0.3) is 0 Å². The van der Waals surface area contributed by atoms with Gasteiger partial charge in [-0.1, -0.05) is 18.2 Å². The van der Waals surface area contributed by atoms with Gasteiger partial charge in [0.15, 0.2) is 11.5 Å². The number of aromatic nitrogens is 1. The number of hydrogen-bond acceptors (Lipinski definition) is 4. The predicted molar refractivity (Wildman–Crippen MR) is 101 cm³/mol. The van der Waals surface area contributed by atoms with Crippen molar-refractivity contribution >= 4 is 58.7 Å². The molecule has 0 bridgehead atoms. The van der Waals surface area contributed by atoms with Crippen LogP contribution in [0.25, 0.3) is 10.9 Å². The summed E-state index contributed by atoms with van der Waals surface area (Å²) in [6.45, 7) is 0. The van der Waals surface area contributed by atoms with Crippen LogP contribution in [0.2, 0.25) is 0 Å². The van der Waals surface area contributed by atoms with Gasteiger partial charge in [-0.25, -0.2) is 0 Å². The molecule has 1 aromatic heterocycles. The van der Waals surface area contributed by atoms with E-state index in [2.05, 4.69) is 52.8 Å². The summed E-state index contributed by atoms with van der Waals surface area (Å²) >= 11 is 10.1. The van der Waals surface area contributed by atoms with E-state index in [1.165, 1.54) is 0 Å². The Labute approximate surface area is 163 Å². The normalized spacial score (nSPS) is 10.2. The molecular formula is C17H6Br3N3O. The zero-order valence-electron chi connectivity index (χ0n) is 11.8. The van der Waals surface area contributed by atoms with E-state index in [9.17, 15) is 10.5 Å². The number of benzene rings is 2. The molecule has 0 atom stereocenters. The van der Waals surface area contributed by atoms with Crippen molar-refractivity contribution in [2.75, 3.05) is 0 Å². The molecule has 0 fully saturated rings. The van der Waals surface area contributed by atoms with Gasteiger partial charge in [0.2, 0.25) is 0 Å². The van der Waals surface area contributed by atoms with Crippen LogP contribution in [0.5, 0.6) is 11.5 Å². The zero-order valence-corrected chi connectivity index (χ0v) is 16.6. The van der Waals surface area contributed by atoms with Crippen LogP contribution in [0.4, 0.5) is 0 Å². The van der Waals surface area contributed by atoms with Crippen molar-refractivity contribution in [1.82, 2.24) is 4.98 Å². The number of nitriles is 2. The maximum absolute atomic E-state index is 9.37. The molecule has 0 amide bonds. The molecule has 0 saturated heterocycles. The van der Waals surface area contributed by atoms with Crippen molar-refractivity contribution in [2.24, 2.45) is 0 Å². The minimum absolute atomic E-state index is 0.204. The summed E-state index contributed by atoms with van der Waals surface area (Å²) in [4.78, 5) is 4.35. The standard InChI is InChI=1S/C17H6Br3N3O/c18-13-10(7-21)11(8-22)14(19)17(15(13)20)24-12-5-1-3-9-4-2-6-23-16(9)12/h1-6H. The van der Waals surface area contributed by atoms with Gasteiger partial charge in [0.05, 0.1) is 24.5 Å². The van der Waals surface area contributed by atoms with Crippen LogP contribution in [-0.2, 0) is 0 Å². The number of rotatable bonds is 2. The van der Waals surface area contributed by atoms with Crippen molar-refractivity contribution in [3.05, 3.63) is 61.1 Å². The third-order valence-corrected chi connectivity index (χ3v) is 6.15. The number of hydrogen-bond donors (Lipinski definition) is 0. The molecule has 0 aliphatic carbocycles. The smallest absolute Gasteiger partial charge is 0.158 e. The minimum Gasteiger partial charge on any atom is -0.453 e. The number of halogens is 3. The van der Waals surface area contributed by atoms with Gasteiger partial charge in [-0.15, -0.1) is 0 Å². The molecule has 3 rings (SSSR count). The van der Waals surface area contributed by atoms with Crippen molar-refractivity contribution in [3.8, 4) is 23.6 Å². The van der Waals surface area contributed by atoms with Crippen molar-refractivity contribution in [1.29, 1.82) is 10.5 Å². The molecule has 24 heavy (non-hydrogen) atoms. The van der Waals surface area contributed by atoms with Gasteiger partial charge in [-0.3, -0.25) is 4.98 Å². The van der Waals surface area contributed by atoms with E-state index in [4.69, 9.17) is 4.74 Å². The van der Waals surface area contributed by atoms with E-state index in [1.54, 1.807) is 12.3 Å². The van der Waals surface area contributed by atoms with Crippen molar-refractivity contribution in [2.45, 2.75) is 0 Å². The summed E-state index contributed by atoms with van der Waals surface area (Å²) in [6.07, 6.45) is 1.69. The molecule has 2 aromatic carbocycles. The molecule has 3 aromatic rings. The average molecular weight is 508 g/mol. The average Bonchev–Trinajstić information content (AvgIpc) is 2.61. The van der Waals surface area contributed by atoms with Gasteiger partial charge >= 0.3 is 0 Å². The lowest BCUT2D eigenvalue weighted by Crippen LogP contribution is -1.96. The van der Waals surface area contributed by atoms with Crippen molar-refractivity contribution in [3.63, 3.8) is 0 Å². The summed E-state index contributed by atoms with van der Waals surface area (Å²) in [7, 11) is 0. The minimum atomic E-state index is 0.204. The van der Waals surface area contributed by atoms with Gasteiger partial charge < -0.3 is 4.74 Å². The van der Waals surface area contributed by atoms with Crippen LogP contribution in [0.15, 0.2) is 49.9 Å². The van der Waals surface area contributed by atoms with Crippen LogP contribution >= 0.6 is 47.8 Å². The van der Waals surface area contributed by atoms with E-state index in [1.807, 2.05) is 36.4 Å². The Kier molecular flexibility index (Phi) is 4.86. The number of para-hydroxylation sites is 1. The largest absolute Gasteiger partial charge is 0.453 e. The van der Waals surface area contributed by atoms with Crippen LogP contribution in [0.1, 0.15) is 11.1 Å². The number of ether oxygens (including phenoxy) is 1. The van der Waals surface area contributed by atoms with Crippen molar-refractivity contribution < 1.29 is 4.74 Å². The molecular weight excluding hydrogens is 502 g/mol. The van der Waals surface area contributed by atoms with Gasteiger partial charge in [0, 0.05) is 11.6 Å². The monoisotopic (exact) mass is 505 g/mol. The molecule has 1 heterocycles. The molecule has 7 heteroatoms. The molecule has 0 aliphatic rings. The topological polar surface area (TPSA) is 69.7 Å². The molecule has 0 spiro atoms.